The van der Waals surface area contributed by atoms with Gasteiger partial charge in [0.15, 0.2) is 6.29 Å². The standard InChI is InChI=1S/C27H26FNO5/c1-27(26(32)33-16-18-7-4-6-17-5-2-3-8-21(17)18)11-9-20(10-12-27)34-24-14-22(25(30)31)23(28)13-19(24)15-29/h2-8,13-14,20,25,30-31H,9-12,16H2,1H3/t20-,27+. The van der Waals surface area contributed by atoms with Crippen LogP contribution < -0.4 is 4.74 Å². The fourth-order valence-corrected chi connectivity index (χ4v) is 4.42. The number of hydrogen-bond acceptors (Lipinski definition) is 6. The average molecular weight is 464 g/mol. The molecule has 6 nitrogen and oxygen atoms in total. The Morgan fingerprint density at radius 1 is 1.18 bits per heavy atom. The van der Waals surface area contributed by atoms with Crippen LogP contribution in [-0.4, -0.2) is 22.3 Å². The Morgan fingerprint density at radius 3 is 2.59 bits per heavy atom. The largest absolute Gasteiger partial charge is 0.489 e. The third-order valence-electron chi connectivity index (χ3n) is 6.56. The summed E-state index contributed by atoms with van der Waals surface area (Å²) in [5.41, 5.74) is -0.0803. The Kier molecular flexibility index (Phi) is 6.82. The van der Waals surface area contributed by atoms with Gasteiger partial charge in [0.2, 0.25) is 0 Å². The Bertz CT molecular complexity index is 1240. The number of esters is 1. The van der Waals surface area contributed by atoms with E-state index in [-0.39, 0.29) is 35.6 Å². The summed E-state index contributed by atoms with van der Waals surface area (Å²) in [7, 11) is 0. The highest BCUT2D eigenvalue weighted by Crippen LogP contribution is 2.39. The lowest BCUT2D eigenvalue weighted by Gasteiger charge is -2.35. The van der Waals surface area contributed by atoms with Gasteiger partial charge in [-0.2, -0.15) is 5.26 Å². The van der Waals surface area contributed by atoms with Gasteiger partial charge in [-0.25, -0.2) is 4.39 Å². The number of fused-ring (bicyclic) bond motifs is 1. The van der Waals surface area contributed by atoms with Crippen molar-refractivity contribution < 1.29 is 28.9 Å². The van der Waals surface area contributed by atoms with E-state index in [1.165, 1.54) is 0 Å². The predicted molar refractivity (Wildman–Crippen MR) is 123 cm³/mol. The molecule has 0 radical (unpaired) electrons. The van der Waals surface area contributed by atoms with Crippen molar-refractivity contribution in [2.45, 2.75) is 51.6 Å². The van der Waals surface area contributed by atoms with Crippen LogP contribution in [0.4, 0.5) is 4.39 Å². The van der Waals surface area contributed by atoms with Crippen molar-refractivity contribution in [2.75, 3.05) is 0 Å². The van der Waals surface area contributed by atoms with E-state index in [0.29, 0.717) is 25.7 Å². The minimum Gasteiger partial charge on any atom is -0.489 e. The minimum absolute atomic E-state index is 0.0234. The lowest BCUT2D eigenvalue weighted by Crippen LogP contribution is -2.37. The van der Waals surface area contributed by atoms with Crippen molar-refractivity contribution in [3.63, 3.8) is 0 Å². The normalized spacial score (nSPS) is 20.2. The van der Waals surface area contributed by atoms with Gasteiger partial charge in [-0.3, -0.25) is 4.79 Å². The van der Waals surface area contributed by atoms with E-state index in [1.54, 1.807) is 0 Å². The number of halogens is 1. The van der Waals surface area contributed by atoms with Crippen molar-refractivity contribution in [2.24, 2.45) is 5.41 Å². The molecule has 34 heavy (non-hydrogen) atoms. The van der Waals surface area contributed by atoms with E-state index in [9.17, 15) is 24.7 Å². The van der Waals surface area contributed by atoms with Crippen molar-refractivity contribution in [1.82, 2.24) is 0 Å². The molecule has 2 N–H and O–H groups in total. The molecule has 176 valence electrons. The molecule has 0 amide bonds. The summed E-state index contributed by atoms with van der Waals surface area (Å²) >= 11 is 0. The van der Waals surface area contributed by atoms with Crippen LogP contribution in [0, 0.1) is 22.6 Å². The summed E-state index contributed by atoms with van der Waals surface area (Å²) in [6.07, 6.45) is -0.158. The molecule has 0 atom stereocenters. The summed E-state index contributed by atoms with van der Waals surface area (Å²) in [4.78, 5) is 12.9. The summed E-state index contributed by atoms with van der Waals surface area (Å²) in [5.74, 6) is -1.05. The molecule has 1 fully saturated rings. The number of ether oxygens (including phenoxy) is 2. The van der Waals surface area contributed by atoms with Gasteiger partial charge >= 0.3 is 5.97 Å². The number of nitrogens with zero attached hydrogens (tertiary/aromatic N) is 1. The van der Waals surface area contributed by atoms with Gasteiger partial charge in [-0.05, 0) is 61.1 Å². The van der Waals surface area contributed by atoms with Gasteiger partial charge in [0, 0.05) is 5.56 Å². The number of carbonyl (C=O) groups excluding carboxylic acids is 1. The minimum atomic E-state index is -2.01. The molecule has 0 bridgehead atoms. The Morgan fingerprint density at radius 2 is 1.88 bits per heavy atom. The second kappa shape index (κ2) is 9.80. The lowest BCUT2D eigenvalue weighted by atomic mass is 9.74. The van der Waals surface area contributed by atoms with Crippen LogP contribution in [0.5, 0.6) is 5.75 Å². The zero-order valence-corrected chi connectivity index (χ0v) is 18.8. The van der Waals surface area contributed by atoms with Crippen molar-refractivity contribution in [3.8, 4) is 11.8 Å². The topological polar surface area (TPSA) is 99.8 Å². The SMILES string of the molecule is C[C@]1(C(=O)OCc2cccc3ccccc23)CC[C@@H](Oc2cc(C(O)O)c(F)cc2C#N)CC1. The van der Waals surface area contributed by atoms with Crippen LogP contribution in [0.2, 0.25) is 0 Å². The number of nitriles is 1. The van der Waals surface area contributed by atoms with Crippen LogP contribution >= 0.6 is 0 Å². The van der Waals surface area contributed by atoms with Crippen LogP contribution in [0.25, 0.3) is 10.8 Å². The van der Waals surface area contributed by atoms with Gasteiger partial charge in [0.05, 0.1) is 17.1 Å². The molecule has 7 heteroatoms. The van der Waals surface area contributed by atoms with Gasteiger partial charge in [0.1, 0.15) is 24.2 Å². The van der Waals surface area contributed by atoms with Gasteiger partial charge in [-0.1, -0.05) is 42.5 Å². The number of carbonyl (C=O) groups is 1. The first kappa shape index (κ1) is 23.7. The quantitative estimate of drug-likeness (QED) is 0.398. The fourth-order valence-electron chi connectivity index (χ4n) is 4.42. The summed E-state index contributed by atoms with van der Waals surface area (Å²) in [5, 5.41) is 30.1. The second-order valence-corrected chi connectivity index (χ2v) is 8.95. The molecule has 3 aromatic rings. The second-order valence-electron chi connectivity index (χ2n) is 8.95. The molecular weight excluding hydrogens is 437 g/mol. The highest BCUT2D eigenvalue weighted by atomic mass is 19.1. The average Bonchev–Trinajstić information content (AvgIpc) is 2.84. The molecule has 3 aromatic carbocycles. The zero-order valence-electron chi connectivity index (χ0n) is 18.8. The maximum atomic E-state index is 13.9. The van der Waals surface area contributed by atoms with E-state index in [2.05, 4.69) is 0 Å². The molecule has 1 aliphatic rings. The van der Waals surface area contributed by atoms with E-state index >= 15 is 0 Å². The van der Waals surface area contributed by atoms with E-state index < -0.39 is 17.5 Å². The molecular formula is C27H26FNO5. The van der Waals surface area contributed by atoms with Crippen LogP contribution in [0.3, 0.4) is 0 Å². The number of rotatable bonds is 6. The third-order valence-corrected chi connectivity index (χ3v) is 6.56. The number of benzene rings is 3. The Labute approximate surface area is 197 Å². The monoisotopic (exact) mass is 463 g/mol. The fraction of sp³-hybridized carbons (Fsp3) is 0.333. The van der Waals surface area contributed by atoms with Crippen LogP contribution in [0.15, 0.2) is 54.6 Å². The highest BCUT2D eigenvalue weighted by Gasteiger charge is 2.39. The summed E-state index contributed by atoms with van der Waals surface area (Å²) in [6.45, 7) is 2.08. The summed E-state index contributed by atoms with van der Waals surface area (Å²) in [6, 6.07) is 17.8. The van der Waals surface area contributed by atoms with Gasteiger partial charge in [-0.15, -0.1) is 0 Å². The first-order chi connectivity index (χ1) is 16.3. The molecule has 0 unspecified atom stereocenters. The molecule has 0 spiro atoms. The number of hydrogen-bond donors (Lipinski definition) is 2. The zero-order chi connectivity index (χ0) is 24.3. The molecule has 0 aliphatic heterocycles. The molecule has 0 saturated heterocycles. The highest BCUT2D eigenvalue weighted by molar-refractivity contribution is 5.86. The number of aliphatic hydroxyl groups excluding tert-OH is 1. The maximum absolute atomic E-state index is 13.9. The Balaban J connectivity index is 1.38. The molecule has 0 heterocycles. The van der Waals surface area contributed by atoms with E-state index in [4.69, 9.17) is 9.47 Å². The molecule has 4 rings (SSSR count). The molecule has 0 aromatic heterocycles. The van der Waals surface area contributed by atoms with Gasteiger partial charge < -0.3 is 19.7 Å². The smallest absolute Gasteiger partial charge is 0.312 e. The van der Waals surface area contributed by atoms with Crippen molar-refractivity contribution in [3.05, 3.63) is 77.1 Å². The first-order valence-corrected chi connectivity index (χ1v) is 11.2. The van der Waals surface area contributed by atoms with Crippen LogP contribution in [0.1, 0.15) is 55.6 Å². The summed E-state index contributed by atoms with van der Waals surface area (Å²) < 4.78 is 25.6. The predicted octanol–water partition coefficient (Wildman–Crippen LogP) is 4.90. The van der Waals surface area contributed by atoms with Crippen molar-refractivity contribution in [1.29, 1.82) is 5.26 Å². The third kappa shape index (κ3) is 4.89. The molecule has 1 aliphatic carbocycles. The first-order valence-electron chi connectivity index (χ1n) is 11.2. The molecule has 1 saturated carbocycles. The van der Waals surface area contributed by atoms with Crippen LogP contribution in [-0.2, 0) is 16.1 Å². The Hall–Kier alpha value is -3.47. The maximum Gasteiger partial charge on any atom is 0.312 e. The van der Waals surface area contributed by atoms with Gasteiger partial charge in [0.25, 0.3) is 0 Å². The van der Waals surface area contributed by atoms with E-state index in [1.807, 2.05) is 55.5 Å². The van der Waals surface area contributed by atoms with E-state index in [0.717, 1.165) is 28.5 Å². The number of aliphatic hydroxyl groups is 2. The lowest BCUT2D eigenvalue weighted by molar-refractivity contribution is -0.159. The van der Waals surface area contributed by atoms with Crippen molar-refractivity contribution >= 4 is 16.7 Å².